The molecule has 1 fully saturated rings. The van der Waals surface area contributed by atoms with Gasteiger partial charge in [-0.05, 0) is 31.0 Å². The van der Waals surface area contributed by atoms with E-state index in [0.717, 1.165) is 12.0 Å². The van der Waals surface area contributed by atoms with Crippen LogP contribution >= 0.6 is 0 Å². The summed E-state index contributed by atoms with van der Waals surface area (Å²) in [5, 5.41) is 0. The number of benzene rings is 1. The summed E-state index contributed by atoms with van der Waals surface area (Å²) >= 11 is 0. The molecule has 0 aromatic heterocycles. The molecule has 1 aromatic carbocycles. The normalized spacial score (nSPS) is 24.7. The van der Waals surface area contributed by atoms with Crippen LogP contribution < -0.4 is 5.73 Å². The monoisotopic (exact) mass is 298 g/mol. The minimum absolute atomic E-state index is 0.0104. The van der Waals surface area contributed by atoms with Crippen LogP contribution in [0.3, 0.4) is 0 Å². The lowest BCUT2D eigenvalue weighted by Crippen LogP contribution is -2.51. The van der Waals surface area contributed by atoms with Crippen molar-refractivity contribution in [2.75, 3.05) is 18.9 Å². The van der Waals surface area contributed by atoms with Crippen molar-refractivity contribution in [3.05, 3.63) is 29.8 Å². The van der Waals surface area contributed by atoms with Gasteiger partial charge in [0.25, 0.3) is 0 Å². The Balaban J connectivity index is 2.17. The van der Waals surface area contributed by atoms with E-state index < -0.39 is 10.0 Å². The molecule has 2 rings (SSSR count). The second-order valence-electron chi connectivity index (χ2n) is 5.27. The number of ether oxygens (including phenoxy) is 1. The Kier molecular flexibility index (Phi) is 4.67. The number of hydrogen-bond acceptors (Lipinski definition) is 4. The highest BCUT2D eigenvalue weighted by molar-refractivity contribution is 7.88. The lowest BCUT2D eigenvalue weighted by molar-refractivity contribution is -0.0231. The summed E-state index contributed by atoms with van der Waals surface area (Å²) in [6.45, 7) is 4.78. The van der Waals surface area contributed by atoms with Crippen molar-refractivity contribution in [3.63, 3.8) is 0 Å². The van der Waals surface area contributed by atoms with Gasteiger partial charge in [0, 0.05) is 18.3 Å². The number of rotatable bonds is 4. The number of hydrogen-bond donors (Lipinski definition) is 1. The minimum atomic E-state index is -3.33. The first-order chi connectivity index (χ1) is 9.42. The minimum Gasteiger partial charge on any atom is -0.399 e. The topological polar surface area (TPSA) is 72.6 Å². The van der Waals surface area contributed by atoms with E-state index in [0.29, 0.717) is 18.8 Å². The SMILES string of the molecule is CCC1COC(C)CN1S(=O)(=O)Cc1ccc(N)cc1. The third-order valence-corrected chi connectivity index (χ3v) is 5.43. The first-order valence-electron chi connectivity index (χ1n) is 6.88. The summed E-state index contributed by atoms with van der Waals surface area (Å²) in [5.41, 5.74) is 7.01. The van der Waals surface area contributed by atoms with Crippen LogP contribution in [0.2, 0.25) is 0 Å². The molecule has 0 radical (unpaired) electrons. The Bertz CT molecular complexity index is 542. The molecule has 1 aliphatic rings. The molecule has 1 aliphatic heterocycles. The first kappa shape index (κ1) is 15.3. The molecule has 1 aromatic rings. The lowest BCUT2D eigenvalue weighted by atomic mass is 10.2. The third kappa shape index (κ3) is 3.50. The van der Waals surface area contributed by atoms with Gasteiger partial charge in [-0.25, -0.2) is 8.42 Å². The van der Waals surface area contributed by atoms with Crippen LogP contribution in [0.15, 0.2) is 24.3 Å². The largest absolute Gasteiger partial charge is 0.399 e. The quantitative estimate of drug-likeness (QED) is 0.857. The molecule has 2 unspecified atom stereocenters. The van der Waals surface area contributed by atoms with E-state index in [1.165, 1.54) is 0 Å². The van der Waals surface area contributed by atoms with Crippen LogP contribution in [0.25, 0.3) is 0 Å². The maximum Gasteiger partial charge on any atom is 0.218 e. The van der Waals surface area contributed by atoms with E-state index >= 15 is 0 Å². The van der Waals surface area contributed by atoms with Gasteiger partial charge < -0.3 is 10.5 Å². The van der Waals surface area contributed by atoms with Gasteiger partial charge in [0.05, 0.1) is 18.5 Å². The molecular formula is C14H22N2O3S. The van der Waals surface area contributed by atoms with Crippen molar-refractivity contribution in [1.29, 1.82) is 0 Å². The summed E-state index contributed by atoms with van der Waals surface area (Å²) in [6, 6.07) is 6.91. The molecule has 0 amide bonds. The molecule has 1 heterocycles. The van der Waals surface area contributed by atoms with Crippen molar-refractivity contribution in [1.82, 2.24) is 4.31 Å². The summed E-state index contributed by atoms with van der Waals surface area (Å²) in [6.07, 6.45) is 0.701. The van der Waals surface area contributed by atoms with Crippen molar-refractivity contribution < 1.29 is 13.2 Å². The first-order valence-corrected chi connectivity index (χ1v) is 8.49. The van der Waals surface area contributed by atoms with Crippen LogP contribution in [0.1, 0.15) is 25.8 Å². The van der Waals surface area contributed by atoms with Crippen LogP contribution in [0.4, 0.5) is 5.69 Å². The summed E-state index contributed by atoms with van der Waals surface area (Å²) < 4.78 is 32.3. The van der Waals surface area contributed by atoms with E-state index in [4.69, 9.17) is 10.5 Å². The molecule has 0 aliphatic carbocycles. The molecule has 5 nitrogen and oxygen atoms in total. The zero-order valence-electron chi connectivity index (χ0n) is 12.0. The number of nitrogens with zero attached hydrogens (tertiary/aromatic N) is 1. The third-order valence-electron chi connectivity index (χ3n) is 3.57. The number of nitrogen functional groups attached to an aromatic ring is 1. The van der Waals surface area contributed by atoms with Gasteiger partial charge in [-0.1, -0.05) is 19.1 Å². The average Bonchev–Trinajstić information content (AvgIpc) is 2.41. The van der Waals surface area contributed by atoms with E-state index in [9.17, 15) is 8.42 Å². The maximum atomic E-state index is 12.6. The molecule has 20 heavy (non-hydrogen) atoms. The second kappa shape index (κ2) is 6.11. The predicted molar refractivity (Wildman–Crippen MR) is 79.7 cm³/mol. The molecule has 0 bridgehead atoms. The van der Waals surface area contributed by atoms with Gasteiger partial charge >= 0.3 is 0 Å². The van der Waals surface area contributed by atoms with Gasteiger partial charge in [0.1, 0.15) is 0 Å². The molecule has 112 valence electrons. The Morgan fingerprint density at radius 3 is 2.60 bits per heavy atom. The zero-order chi connectivity index (χ0) is 14.8. The second-order valence-corrected chi connectivity index (χ2v) is 7.20. The van der Waals surface area contributed by atoms with E-state index in [-0.39, 0.29) is 17.9 Å². The fourth-order valence-corrected chi connectivity index (χ4v) is 4.26. The van der Waals surface area contributed by atoms with Crippen LogP contribution in [0.5, 0.6) is 0 Å². The Morgan fingerprint density at radius 2 is 2.00 bits per heavy atom. The van der Waals surface area contributed by atoms with Crippen molar-refractivity contribution >= 4 is 15.7 Å². The van der Waals surface area contributed by atoms with Crippen LogP contribution in [0, 0.1) is 0 Å². The summed E-state index contributed by atoms with van der Waals surface area (Å²) in [7, 11) is -3.33. The summed E-state index contributed by atoms with van der Waals surface area (Å²) in [5.74, 6) is 0.0104. The van der Waals surface area contributed by atoms with E-state index in [1.807, 2.05) is 13.8 Å². The molecule has 6 heteroatoms. The fourth-order valence-electron chi connectivity index (χ4n) is 2.38. The van der Waals surface area contributed by atoms with Crippen molar-refractivity contribution in [2.45, 2.75) is 38.2 Å². The highest BCUT2D eigenvalue weighted by atomic mass is 32.2. The molecule has 2 N–H and O–H groups in total. The van der Waals surface area contributed by atoms with Crippen molar-refractivity contribution in [2.24, 2.45) is 0 Å². The van der Waals surface area contributed by atoms with Crippen LogP contribution in [-0.4, -0.2) is 38.0 Å². The maximum absolute atomic E-state index is 12.6. The van der Waals surface area contributed by atoms with Gasteiger partial charge in [-0.2, -0.15) is 4.31 Å². The smallest absolute Gasteiger partial charge is 0.218 e. The molecule has 1 saturated heterocycles. The number of anilines is 1. The van der Waals surface area contributed by atoms with Gasteiger partial charge in [-0.3, -0.25) is 0 Å². The van der Waals surface area contributed by atoms with Gasteiger partial charge in [0.15, 0.2) is 0 Å². The van der Waals surface area contributed by atoms with Gasteiger partial charge in [0.2, 0.25) is 10.0 Å². The molecule has 0 spiro atoms. The van der Waals surface area contributed by atoms with E-state index in [2.05, 4.69) is 0 Å². The zero-order valence-corrected chi connectivity index (χ0v) is 12.8. The fraction of sp³-hybridized carbons (Fsp3) is 0.571. The Hall–Kier alpha value is -1.11. The molecular weight excluding hydrogens is 276 g/mol. The Labute approximate surface area is 120 Å². The lowest BCUT2D eigenvalue weighted by Gasteiger charge is -2.37. The summed E-state index contributed by atoms with van der Waals surface area (Å²) in [4.78, 5) is 0. The van der Waals surface area contributed by atoms with Crippen LogP contribution in [-0.2, 0) is 20.5 Å². The standard InChI is InChI=1S/C14H22N2O3S/c1-3-14-9-19-11(2)8-16(14)20(17,18)10-12-4-6-13(15)7-5-12/h4-7,11,14H,3,8-10,15H2,1-2H3. The van der Waals surface area contributed by atoms with Crippen molar-refractivity contribution in [3.8, 4) is 0 Å². The Morgan fingerprint density at radius 1 is 1.35 bits per heavy atom. The number of nitrogens with two attached hydrogens (primary N) is 1. The average molecular weight is 298 g/mol. The van der Waals surface area contributed by atoms with E-state index in [1.54, 1.807) is 28.6 Å². The number of morpholine rings is 1. The molecule has 0 saturated carbocycles. The van der Waals surface area contributed by atoms with Gasteiger partial charge in [-0.15, -0.1) is 0 Å². The number of sulfonamides is 1. The molecule has 2 atom stereocenters. The highest BCUT2D eigenvalue weighted by Gasteiger charge is 2.34. The highest BCUT2D eigenvalue weighted by Crippen LogP contribution is 2.21. The predicted octanol–water partition coefficient (Wildman–Crippen LogP) is 1.60.